The summed E-state index contributed by atoms with van der Waals surface area (Å²) in [5.41, 5.74) is 1.30. The third-order valence-electron chi connectivity index (χ3n) is 2.79. The van der Waals surface area contributed by atoms with Crippen LogP contribution in [0.2, 0.25) is 10.0 Å². The van der Waals surface area contributed by atoms with E-state index >= 15 is 0 Å². The first kappa shape index (κ1) is 19.0. The van der Waals surface area contributed by atoms with Crippen LogP contribution in [0.25, 0.3) is 6.08 Å². The molecule has 0 unspecified atom stereocenters. The zero-order valence-electron chi connectivity index (χ0n) is 12.5. The lowest BCUT2D eigenvalue weighted by atomic mass is 10.1. The predicted molar refractivity (Wildman–Crippen MR) is 91.9 cm³/mol. The molecule has 0 amide bonds. The Kier molecular flexibility index (Phi) is 7.59. The number of allylic oxidation sites excluding steroid dienone is 6. The Morgan fingerprint density at radius 1 is 1.26 bits per heavy atom. The molecule has 0 aliphatic rings. The van der Waals surface area contributed by atoms with E-state index in [9.17, 15) is 9.18 Å². The number of ether oxygens (including phenoxy) is 1. The Labute approximate surface area is 144 Å². The van der Waals surface area contributed by atoms with E-state index < -0.39 is 11.8 Å². The third kappa shape index (κ3) is 5.93. The lowest BCUT2D eigenvalue weighted by Gasteiger charge is -2.10. The van der Waals surface area contributed by atoms with Gasteiger partial charge in [0.15, 0.2) is 0 Å². The number of hydrogen-bond acceptors (Lipinski definition) is 2. The number of carbonyl (C=O) groups is 1. The van der Waals surface area contributed by atoms with Crippen LogP contribution in [-0.4, -0.2) is 18.2 Å². The van der Waals surface area contributed by atoms with Crippen molar-refractivity contribution in [1.82, 2.24) is 0 Å². The smallest absolute Gasteiger partial charge is 0.328 e. The van der Waals surface area contributed by atoms with Gasteiger partial charge in [-0.1, -0.05) is 47.5 Å². The average molecular weight is 357 g/mol. The van der Waals surface area contributed by atoms with E-state index in [2.05, 4.69) is 0 Å². The second-order valence-corrected chi connectivity index (χ2v) is 5.17. The largest absolute Gasteiger partial charge is 0.496 e. The summed E-state index contributed by atoms with van der Waals surface area (Å²) >= 11 is 12.3. The number of carboxylic acid groups (broad SMARTS) is 1. The molecule has 0 aromatic heterocycles. The molecule has 1 aromatic carbocycles. The lowest BCUT2D eigenvalue weighted by Crippen LogP contribution is -1.91. The van der Waals surface area contributed by atoms with Gasteiger partial charge in [0.2, 0.25) is 0 Å². The molecule has 0 aliphatic heterocycles. The first-order valence-electron chi connectivity index (χ1n) is 6.51. The molecule has 0 spiro atoms. The van der Waals surface area contributed by atoms with Crippen LogP contribution < -0.4 is 4.74 Å². The number of aliphatic carboxylic acids is 1. The Morgan fingerprint density at radius 2 is 1.91 bits per heavy atom. The standard InChI is InChI=1S/C17H15Cl2FO3/c1-11-15(23-2)10-14(18)13(17(11)19)8-5-7-12(20)6-3-4-9-16(21)22/h3-10H,1-2H3,(H,21,22). The molecule has 0 aliphatic carbocycles. The summed E-state index contributed by atoms with van der Waals surface area (Å²) < 4.78 is 18.6. The second kappa shape index (κ2) is 9.18. The van der Waals surface area contributed by atoms with Crippen LogP contribution in [0.4, 0.5) is 4.39 Å². The average Bonchev–Trinajstić information content (AvgIpc) is 2.50. The normalized spacial score (nSPS) is 12.7. The van der Waals surface area contributed by atoms with E-state index in [0.717, 1.165) is 17.7 Å². The molecule has 0 atom stereocenters. The molecule has 1 rings (SSSR count). The van der Waals surface area contributed by atoms with Gasteiger partial charge in [0, 0.05) is 17.2 Å². The first-order valence-corrected chi connectivity index (χ1v) is 7.26. The number of rotatable bonds is 6. The highest BCUT2D eigenvalue weighted by Gasteiger charge is 2.11. The fourth-order valence-electron chi connectivity index (χ4n) is 1.66. The second-order valence-electron chi connectivity index (χ2n) is 4.38. The van der Waals surface area contributed by atoms with E-state index in [0.29, 0.717) is 21.4 Å². The van der Waals surface area contributed by atoms with E-state index in [4.69, 9.17) is 33.0 Å². The van der Waals surface area contributed by atoms with Gasteiger partial charge in [-0.25, -0.2) is 9.18 Å². The Bertz CT molecular complexity index is 704. The summed E-state index contributed by atoms with van der Waals surface area (Å²) in [6.45, 7) is 1.79. The lowest BCUT2D eigenvalue weighted by molar-refractivity contribution is -0.131. The fourth-order valence-corrected chi connectivity index (χ4v) is 2.22. The minimum atomic E-state index is -1.10. The van der Waals surface area contributed by atoms with Gasteiger partial charge >= 0.3 is 5.97 Å². The summed E-state index contributed by atoms with van der Waals surface area (Å²) in [5.74, 6) is -1.07. The van der Waals surface area contributed by atoms with Crippen molar-refractivity contribution >= 4 is 35.2 Å². The topological polar surface area (TPSA) is 46.5 Å². The van der Waals surface area contributed by atoms with Gasteiger partial charge < -0.3 is 9.84 Å². The summed E-state index contributed by atoms with van der Waals surface area (Å²) in [5, 5.41) is 9.20. The molecule has 0 bridgehead atoms. The molecule has 6 heteroatoms. The van der Waals surface area contributed by atoms with Crippen LogP contribution in [0.5, 0.6) is 5.75 Å². The van der Waals surface area contributed by atoms with Crippen LogP contribution >= 0.6 is 23.2 Å². The zero-order chi connectivity index (χ0) is 17.4. The van der Waals surface area contributed by atoms with E-state index in [1.807, 2.05) is 0 Å². The maximum atomic E-state index is 13.5. The van der Waals surface area contributed by atoms with Crippen molar-refractivity contribution in [1.29, 1.82) is 0 Å². The van der Waals surface area contributed by atoms with Crippen LogP contribution in [-0.2, 0) is 4.79 Å². The van der Waals surface area contributed by atoms with Crippen LogP contribution in [0.1, 0.15) is 11.1 Å². The summed E-state index contributed by atoms with van der Waals surface area (Å²) in [7, 11) is 1.52. The molecule has 122 valence electrons. The van der Waals surface area contributed by atoms with E-state index in [1.165, 1.54) is 31.4 Å². The quantitative estimate of drug-likeness (QED) is 0.550. The molecule has 1 N–H and O–H groups in total. The van der Waals surface area contributed by atoms with Gasteiger partial charge in [-0.3, -0.25) is 0 Å². The number of carboxylic acids is 1. The molecule has 0 saturated carbocycles. The summed E-state index contributed by atoms with van der Waals surface area (Å²) in [6.07, 6.45) is 8.78. The number of halogens is 3. The van der Waals surface area contributed by atoms with Gasteiger partial charge in [-0.05, 0) is 25.1 Å². The number of methoxy groups -OCH3 is 1. The van der Waals surface area contributed by atoms with Gasteiger partial charge in [0.25, 0.3) is 0 Å². The van der Waals surface area contributed by atoms with Crippen molar-refractivity contribution in [2.24, 2.45) is 0 Å². The van der Waals surface area contributed by atoms with E-state index in [-0.39, 0.29) is 0 Å². The summed E-state index contributed by atoms with van der Waals surface area (Å²) in [6, 6.07) is 1.64. The molecule has 0 heterocycles. The van der Waals surface area contributed by atoms with Crippen molar-refractivity contribution in [2.75, 3.05) is 7.11 Å². The molecule has 0 radical (unpaired) electrons. The monoisotopic (exact) mass is 356 g/mol. The highest BCUT2D eigenvalue weighted by molar-refractivity contribution is 6.37. The van der Waals surface area contributed by atoms with Crippen molar-refractivity contribution in [2.45, 2.75) is 6.92 Å². The molecule has 1 aromatic rings. The Balaban J connectivity index is 2.91. The highest BCUT2D eigenvalue weighted by Crippen LogP contribution is 2.35. The molecular formula is C17H15Cl2FO3. The minimum absolute atomic E-state index is 0.391. The van der Waals surface area contributed by atoms with Crippen molar-refractivity contribution in [3.63, 3.8) is 0 Å². The van der Waals surface area contributed by atoms with Gasteiger partial charge in [0.05, 0.1) is 17.2 Å². The molecule has 0 fully saturated rings. The van der Waals surface area contributed by atoms with Crippen LogP contribution in [0.3, 0.4) is 0 Å². The van der Waals surface area contributed by atoms with Crippen LogP contribution in [0, 0.1) is 6.92 Å². The zero-order valence-corrected chi connectivity index (χ0v) is 14.0. The molecular weight excluding hydrogens is 342 g/mol. The van der Waals surface area contributed by atoms with Gasteiger partial charge in [-0.2, -0.15) is 0 Å². The predicted octanol–water partition coefficient (Wildman–Crippen LogP) is 5.37. The van der Waals surface area contributed by atoms with Crippen molar-refractivity contribution < 1.29 is 19.0 Å². The molecule has 23 heavy (non-hydrogen) atoms. The maximum Gasteiger partial charge on any atom is 0.328 e. The summed E-state index contributed by atoms with van der Waals surface area (Å²) in [4.78, 5) is 10.2. The first-order chi connectivity index (χ1) is 10.9. The Morgan fingerprint density at radius 3 is 2.52 bits per heavy atom. The van der Waals surface area contributed by atoms with Crippen molar-refractivity contribution in [3.8, 4) is 5.75 Å². The number of hydrogen-bond donors (Lipinski definition) is 1. The van der Waals surface area contributed by atoms with Gasteiger partial charge in [-0.15, -0.1) is 0 Å². The maximum absolute atomic E-state index is 13.5. The third-order valence-corrected chi connectivity index (χ3v) is 3.59. The molecule has 0 saturated heterocycles. The number of benzene rings is 1. The van der Waals surface area contributed by atoms with Crippen LogP contribution in [0.15, 0.2) is 48.3 Å². The molecule has 3 nitrogen and oxygen atoms in total. The Hall–Kier alpha value is -2.04. The SMILES string of the molecule is COc1cc(Cl)c(C=CC=C(F)C=CC=CC(=O)O)c(Cl)c1C. The van der Waals surface area contributed by atoms with Gasteiger partial charge in [0.1, 0.15) is 11.6 Å². The fraction of sp³-hybridized carbons (Fsp3) is 0.118. The highest BCUT2D eigenvalue weighted by atomic mass is 35.5. The minimum Gasteiger partial charge on any atom is -0.496 e. The van der Waals surface area contributed by atoms with Crippen molar-refractivity contribution in [3.05, 3.63) is 69.5 Å². The van der Waals surface area contributed by atoms with E-state index in [1.54, 1.807) is 19.1 Å².